The van der Waals surface area contributed by atoms with Gasteiger partial charge in [0.15, 0.2) is 13.1 Å². The predicted octanol–water partition coefficient (Wildman–Crippen LogP) is 1.67. The monoisotopic (exact) mass is 266 g/mol. The van der Waals surface area contributed by atoms with Gasteiger partial charge in [-0.25, -0.2) is 4.79 Å². The molecule has 0 saturated carbocycles. The van der Waals surface area contributed by atoms with Gasteiger partial charge in [-0.05, 0) is 25.0 Å². The van der Waals surface area contributed by atoms with Gasteiger partial charge in [0.05, 0.1) is 6.26 Å². The van der Waals surface area contributed by atoms with E-state index in [1.54, 1.807) is 13.0 Å². The van der Waals surface area contributed by atoms with Gasteiger partial charge in [-0.2, -0.15) is 4.41 Å². The molecule has 6 nitrogen and oxygen atoms in total. The number of carbonyl (C=O) groups is 1. The highest BCUT2D eigenvalue weighted by molar-refractivity contribution is 7.97. The van der Waals surface area contributed by atoms with E-state index in [1.165, 1.54) is 23.1 Å². The lowest BCUT2D eigenvalue weighted by Crippen LogP contribution is -2.18. The van der Waals surface area contributed by atoms with Crippen molar-refractivity contribution in [1.29, 1.82) is 0 Å². The van der Waals surface area contributed by atoms with Gasteiger partial charge in [0, 0.05) is 11.9 Å². The highest BCUT2D eigenvalue weighted by Crippen LogP contribution is 2.21. The summed E-state index contributed by atoms with van der Waals surface area (Å²) in [6, 6.07) is 3.14. The third-order valence-electron chi connectivity index (χ3n) is 1.85. The van der Waals surface area contributed by atoms with Gasteiger partial charge >= 0.3 is 5.97 Å². The lowest BCUT2D eigenvalue weighted by Gasteiger charge is -2.15. The van der Waals surface area contributed by atoms with E-state index in [-0.39, 0.29) is 5.76 Å². The van der Waals surface area contributed by atoms with E-state index in [9.17, 15) is 4.79 Å². The maximum Gasteiger partial charge on any atom is 0.376 e. The molecule has 0 fully saturated rings. The third kappa shape index (κ3) is 3.21. The molecule has 0 radical (unpaired) electrons. The first-order chi connectivity index (χ1) is 8.79. The molecule has 0 N–H and O–H groups in total. The van der Waals surface area contributed by atoms with Crippen molar-refractivity contribution in [3.8, 4) is 11.8 Å². The van der Waals surface area contributed by atoms with Crippen molar-refractivity contribution in [2.75, 3.05) is 6.73 Å². The Kier molecular flexibility index (Phi) is 4.15. The highest BCUT2D eigenvalue weighted by Gasteiger charge is 2.21. The van der Waals surface area contributed by atoms with Crippen LogP contribution in [-0.4, -0.2) is 29.0 Å². The first-order valence-corrected chi connectivity index (χ1v) is 5.88. The van der Waals surface area contributed by atoms with Gasteiger partial charge < -0.3 is 13.9 Å². The van der Waals surface area contributed by atoms with Crippen molar-refractivity contribution in [1.82, 2.24) is 4.41 Å². The van der Waals surface area contributed by atoms with Gasteiger partial charge in [0.1, 0.15) is 0 Å². The molecule has 1 unspecified atom stereocenters. The van der Waals surface area contributed by atoms with Crippen LogP contribution in [0.2, 0.25) is 0 Å². The van der Waals surface area contributed by atoms with Crippen LogP contribution in [0.25, 0.3) is 0 Å². The molecule has 0 bridgehead atoms. The molecule has 1 atom stereocenters. The fraction of sp³-hybridized carbons (Fsp3) is 0.273. The quantitative estimate of drug-likeness (QED) is 0.357. The van der Waals surface area contributed by atoms with E-state index in [1.807, 2.05) is 0 Å². The molecule has 0 amide bonds. The Morgan fingerprint density at radius 1 is 1.72 bits per heavy atom. The van der Waals surface area contributed by atoms with Crippen molar-refractivity contribution in [2.45, 2.75) is 12.4 Å². The molecule has 0 aliphatic carbocycles. The summed E-state index contributed by atoms with van der Waals surface area (Å²) in [6.45, 7) is 1.96. The van der Waals surface area contributed by atoms with Crippen LogP contribution in [-0.2, 0) is 9.47 Å². The highest BCUT2D eigenvalue weighted by atomic mass is 32.2. The molecule has 2 rings (SSSR count). The number of rotatable bonds is 4. The van der Waals surface area contributed by atoms with Gasteiger partial charge in [-0.15, -0.1) is 11.0 Å². The number of furan rings is 1. The van der Waals surface area contributed by atoms with Crippen molar-refractivity contribution in [3.05, 3.63) is 24.2 Å². The number of esters is 1. The van der Waals surface area contributed by atoms with Crippen molar-refractivity contribution >= 4 is 24.3 Å². The molecule has 1 aliphatic heterocycles. The van der Waals surface area contributed by atoms with Gasteiger partial charge in [-0.3, -0.25) is 0 Å². The molecular formula is C11H10N2O4S. The van der Waals surface area contributed by atoms with Crippen LogP contribution in [0.15, 0.2) is 27.9 Å². The summed E-state index contributed by atoms with van der Waals surface area (Å²) >= 11 is 1.15. The minimum Gasteiger partial charge on any atom is -0.459 e. The third-order valence-corrected chi connectivity index (χ3v) is 2.70. The molecule has 94 valence electrons. The number of hydrogen-bond acceptors (Lipinski definition) is 7. The summed E-state index contributed by atoms with van der Waals surface area (Å²) in [6.07, 6.45) is 2.72. The van der Waals surface area contributed by atoms with Crippen LogP contribution in [0.5, 0.6) is 0 Å². The van der Waals surface area contributed by atoms with Crippen molar-refractivity contribution in [3.63, 3.8) is 0 Å². The van der Waals surface area contributed by atoms with Gasteiger partial charge in [-0.1, -0.05) is 0 Å². The molecule has 2 heterocycles. The summed E-state index contributed by atoms with van der Waals surface area (Å²) in [5, 5.41) is 3.89. The zero-order chi connectivity index (χ0) is 12.8. The van der Waals surface area contributed by atoms with Crippen molar-refractivity contribution in [2.24, 2.45) is 5.10 Å². The lowest BCUT2D eigenvalue weighted by molar-refractivity contribution is 0.0479. The summed E-state index contributed by atoms with van der Waals surface area (Å²) < 4.78 is 16.6. The summed E-state index contributed by atoms with van der Waals surface area (Å²) in [5.74, 6) is 5.03. The second-order valence-electron chi connectivity index (χ2n) is 3.08. The molecule has 1 aromatic heterocycles. The minimum absolute atomic E-state index is 0.139. The number of nitrogens with zero attached hydrogens (tertiary/aromatic N) is 2. The molecule has 0 saturated heterocycles. The lowest BCUT2D eigenvalue weighted by atomic mass is 10.4. The zero-order valence-electron chi connectivity index (χ0n) is 9.53. The van der Waals surface area contributed by atoms with Crippen LogP contribution in [0, 0.1) is 11.8 Å². The number of hydrazone groups is 1. The van der Waals surface area contributed by atoms with Gasteiger partial charge in [0.2, 0.25) is 11.2 Å². The molecule has 1 aromatic rings. The van der Waals surface area contributed by atoms with Crippen LogP contribution >= 0.6 is 11.9 Å². The zero-order valence-corrected chi connectivity index (χ0v) is 10.3. The number of hydrogen-bond donors (Lipinski definition) is 0. The summed E-state index contributed by atoms with van der Waals surface area (Å²) in [7, 11) is 0. The smallest absolute Gasteiger partial charge is 0.376 e. The molecule has 0 aromatic carbocycles. The SMILES string of the molecule is CC#CC(OC(=O)c1ccco1)SN1COC=N1. The van der Waals surface area contributed by atoms with Crippen LogP contribution < -0.4 is 0 Å². The Balaban J connectivity index is 1.94. The topological polar surface area (TPSA) is 64.3 Å². The van der Waals surface area contributed by atoms with E-state index in [0.29, 0.717) is 6.73 Å². The molecule has 1 aliphatic rings. The second-order valence-corrected chi connectivity index (χ2v) is 4.14. The molecule has 0 spiro atoms. The van der Waals surface area contributed by atoms with E-state index in [2.05, 4.69) is 16.9 Å². The Hall–Kier alpha value is -2.07. The van der Waals surface area contributed by atoms with Crippen LogP contribution in [0.1, 0.15) is 17.5 Å². The maximum atomic E-state index is 11.7. The fourth-order valence-corrected chi connectivity index (χ4v) is 1.87. The first kappa shape index (κ1) is 12.4. The Labute approximate surface area is 108 Å². The summed E-state index contributed by atoms with van der Waals surface area (Å²) in [4.78, 5) is 11.7. The van der Waals surface area contributed by atoms with Gasteiger partial charge in [0.25, 0.3) is 0 Å². The maximum absolute atomic E-state index is 11.7. The fourth-order valence-electron chi connectivity index (χ4n) is 1.13. The Morgan fingerprint density at radius 3 is 3.22 bits per heavy atom. The number of carbonyl (C=O) groups excluding carboxylic acids is 1. The average Bonchev–Trinajstić information content (AvgIpc) is 3.01. The largest absolute Gasteiger partial charge is 0.459 e. The van der Waals surface area contributed by atoms with E-state index < -0.39 is 11.4 Å². The average molecular weight is 266 g/mol. The standard InChI is InChI=1S/C11H10N2O4S/c1-2-4-10(18-13-8-15-7-12-13)17-11(14)9-5-3-6-16-9/h3,5-7,10H,8H2,1H3. The minimum atomic E-state index is -0.661. The van der Waals surface area contributed by atoms with E-state index in [0.717, 1.165) is 11.9 Å². The predicted molar refractivity (Wildman–Crippen MR) is 65.2 cm³/mol. The molecular weight excluding hydrogens is 256 g/mol. The van der Waals surface area contributed by atoms with Crippen molar-refractivity contribution < 1.29 is 18.7 Å². The first-order valence-electron chi connectivity index (χ1n) is 5.04. The normalized spacial score (nSPS) is 14.6. The van der Waals surface area contributed by atoms with Crippen LogP contribution in [0.3, 0.4) is 0 Å². The summed E-state index contributed by atoms with van der Waals surface area (Å²) in [5.41, 5.74) is -0.661. The molecule has 7 heteroatoms. The van der Waals surface area contributed by atoms with E-state index in [4.69, 9.17) is 13.9 Å². The van der Waals surface area contributed by atoms with Crippen LogP contribution in [0.4, 0.5) is 0 Å². The number of ether oxygens (including phenoxy) is 2. The Bertz CT molecular complexity index is 489. The second kappa shape index (κ2) is 6.02. The Morgan fingerprint density at radius 2 is 2.61 bits per heavy atom. The van der Waals surface area contributed by atoms with E-state index >= 15 is 0 Å². The molecule has 18 heavy (non-hydrogen) atoms.